The average Bonchev–Trinajstić information content (AvgIpc) is 1.80. The van der Waals surface area contributed by atoms with Crippen molar-refractivity contribution in [3.05, 3.63) is 77.9 Å². The van der Waals surface area contributed by atoms with Crippen molar-refractivity contribution in [1.82, 2.24) is 30.7 Å². The van der Waals surface area contributed by atoms with Gasteiger partial charge in [0, 0.05) is 102 Å². The van der Waals surface area contributed by atoms with Crippen LogP contribution in [0.25, 0.3) is 0 Å². The Morgan fingerprint density at radius 1 is 0.742 bits per heavy atom. The number of unbranched alkanes of at least 4 members (excludes halogenated alkanes) is 2. The van der Waals surface area contributed by atoms with E-state index in [2.05, 4.69) is 21.3 Å². The monoisotopic (exact) mass is 1350 g/mol. The molecule has 2 aliphatic heterocycles. The van der Waals surface area contributed by atoms with E-state index in [0.717, 1.165) is 10.5 Å². The molecule has 24 nitrogen and oxygen atoms in total. The average molecular weight is 1360 g/mol. The van der Waals surface area contributed by atoms with Crippen LogP contribution >= 0.6 is 0 Å². The van der Waals surface area contributed by atoms with Crippen molar-refractivity contribution < 1.29 is 76.5 Å². The highest BCUT2D eigenvalue weighted by Crippen LogP contribution is 2.33. The summed E-state index contributed by atoms with van der Waals surface area (Å²) in [6.45, 7) is 22.0. The van der Waals surface area contributed by atoms with Crippen molar-refractivity contribution in [3.63, 3.8) is 0 Å². The number of esters is 1. The molecule has 2 aromatic rings. The van der Waals surface area contributed by atoms with Crippen molar-refractivity contribution in [3.8, 4) is 0 Å². The van der Waals surface area contributed by atoms with Gasteiger partial charge in [0.15, 0.2) is 11.6 Å². The van der Waals surface area contributed by atoms with Gasteiger partial charge in [-0.15, -0.1) is 0 Å². The molecule has 6 N–H and O–H groups in total. The lowest BCUT2D eigenvalue weighted by molar-refractivity contribution is -0.161. The smallest absolute Gasteiger partial charge is 0.408 e. The van der Waals surface area contributed by atoms with Crippen LogP contribution in [0.2, 0.25) is 0 Å². The van der Waals surface area contributed by atoms with Gasteiger partial charge in [0.05, 0.1) is 48.2 Å². The lowest BCUT2D eigenvalue weighted by Crippen LogP contribution is -2.55. The quantitative estimate of drug-likeness (QED) is 0.0236. The number of nitrogens with two attached hydrogens (primary N) is 1. The van der Waals surface area contributed by atoms with E-state index < -0.39 is 94.9 Å². The van der Waals surface area contributed by atoms with Crippen LogP contribution < -0.4 is 27.0 Å². The molecule has 2 aromatic carbocycles. The molecule has 538 valence electrons. The van der Waals surface area contributed by atoms with Crippen molar-refractivity contribution >= 4 is 76.6 Å². The lowest BCUT2D eigenvalue weighted by Gasteiger charge is -2.41. The van der Waals surface area contributed by atoms with E-state index in [9.17, 15) is 57.5 Å². The van der Waals surface area contributed by atoms with Gasteiger partial charge in [-0.2, -0.15) is 0 Å². The van der Waals surface area contributed by atoms with Crippen LogP contribution in [0.5, 0.6) is 0 Å². The van der Waals surface area contributed by atoms with Crippen LogP contribution in [0.1, 0.15) is 178 Å². The number of rotatable bonds is 41. The fraction of sp³-hybridized carbons (Fsp3) is 0.644. The van der Waals surface area contributed by atoms with Crippen molar-refractivity contribution in [1.29, 1.82) is 0 Å². The molecule has 0 aliphatic carbocycles. The number of ether oxygens (including phenoxy) is 4. The number of imide groups is 1. The number of hydrogen-bond acceptors (Lipinski definition) is 16. The number of anilines is 1. The molecule has 1 fully saturated rings. The van der Waals surface area contributed by atoms with E-state index in [1.165, 1.54) is 40.2 Å². The number of Topliss-reactive ketones (excluding diaryl/α,β-unsaturated/α-hetero) is 3. The summed E-state index contributed by atoms with van der Waals surface area (Å²) < 4.78 is 23.5. The van der Waals surface area contributed by atoms with Crippen LogP contribution in [0.15, 0.2) is 66.7 Å². The SMILES string of the molecule is CC[C@H](C)[C@@H]([C@@H](CC(=O)N1CCC[C@H]1[C@H](OC)[C@@H](C)C(=O)C[C@@H](Cc1ccccc1)C(=O)OC(C)(C)C)OC)N(C)C(=O)[C@@H](CC(=O)C(C)(C)NC(=O)OCc1ccc(NC(=O)[C@H](CCCNC(N)=O)CC(=O)[C@@H](NC(=O)CCCCCN2C(=O)C=CC2=O)C(C)C)cc1)C(C)C. The molecule has 0 bridgehead atoms. The van der Waals surface area contributed by atoms with E-state index >= 15 is 0 Å². The van der Waals surface area contributed by atoms with Crippen LogP contribution in [0.3, 0.4) is 0 Å². The fourth-order valence-corrected chi connectivity index (χ4v) is 12.6. The summed E-state index contributed by atoms with van der Waals surface area (Å²) in [6, 6.07) is 13.2. The van der Waals surface area contributed by atoms with Crippen LogP contribution in [0, 0.1) is 41.4 Å². The van der Waals surface area contributed by atoms with E-state index in [-0.39, 0.29) is 117 Å². The molecule has 4 rings (SSSR count). The highest BCUT2D eigenvalue weighted by atomic mass is 16.6. The van der Waals surface area contributed by atoms with Gasteiger partial charge >= 0.3 is 18.1 Å². The summed E-state index contributed by atoms with van der Waals surface area (Å²) in [5.74, 6) is -7.46. The second-order valence-corrected chi connectivity index (χ2v) is 28.2. The number of hydrogen-bond donors (Lipinski definition) is 5. The Labute approximate surface area is 573 Å². The number of primary amides is 1. The molecular formula is C73H110N8O16. The van der Waals surface area contributed by atoms with E-state index in [4.69, 9.17) is 24.7 Å². The molecule has 97 heavy (non-hydrogen) atoms. The van der Waals surface area contributed by atoms with Gasteiger partial charge in [0.25, 0.3) is 11.8 Å². The predicted octanol–water partition coefficient (Wildman–Crippen LogP) is 8.59. The van der Waals surface area contributed by atoms with Crippen LogP contribution in [0.4, 0.5) is 15.3 Å². The van der Waals surface area contributed by atoms with Crippen molar-refractivity contribution in [2.45, 2.75) is 221 Å². The molecule has 10 atom stereocenters. The molecule has 0 aromatic heterocycles. The van der Waals surface area contributed by atoms with E-state index in [1.807, 2.05) is 58.0 Å². The standard InChI is InChI=1S/C73H110N8O16/c1-16-47(6)65(58(94-14)43-63(88)80-38-24-28-55(80)66(95-15)48(7)56(82)41-52(69(91)97-72(8,9)10)39-49-25-19-17-20-26-49)79(13)68(90)54(45(2)3)42-59(84)73(11,12)78-71(93)96-44-50-30-32-53(33-31-50)76-67(89)51(27-23-36-75-70(74)92)40-57(83)64(46(4)5)77-60(85)29-21-18-22-37-81-61(86)34-35-62(81)87/h17,19-20,25-26,30-35,45-48,51-52,54-55,58,64-66H,16,18,21-24,27-29,36-44H2,1-15H3,(H,76,89)(H,77,85)(H,78,93)(H3,74,75,92)/t47-,48-,51+,52+,54-,55-,58+,64-,65-,66+/m0/s1. The molecule has 0 radical (unpaired) electrons. The first kappa shape index (κ1) is 81.6. The zero-order valence-corrected chi connectivity index (χ0v) is 60.0. The molecule has 0 saturated carbocycles. The molecule has 0 unspecified atom stereocenters. The first-order valence-corrected chi connectivity index (χ1v) is 34.3. The number of amides is 9. The Bertz CT molecular complexity index is 3020. The predicted molar refractivity (Wildman–Crippen MR) is 367 cm³/mol. The Hall–Kier alpha value is -7.86. The molecule has 24 heteroatoms. The number of carbonyl (C=O) groups is 12. The minimum absolute atomic E-state index is 0.0736. The number of nitrogens with one attached hydrogen (secondary N) is 4. The molecular weight excluding hydrogens is 1240 g/mol. The van der Waals surface area contributed by atoms with Gasteiger partial charge in [-0.1, -0.05) is 104 Å². The van der Waals surface area contributed by atoms with E-state index in [0.29, 0.717) is 69.2 Å². The summed E-state index contributed by atoms with van der Waals surface area (Å²) in [5.41, 5.74) is 4.82. The second-order valence-electron chi connectivity index (χ2n) is 28.2. The number of methoxy groups -OCH3 is 2. The Balaban J connectivity index is 1.36. The Morgan fingerprint density at radius 2 is 1.38 bits per heavy atom. The number of benzene rings is 2. The second kappa shape index (κ2) is 38.9. The van der Waals surface area contributed by atoms with Crippen LogP contribution in [-0.2, 0) is 79.9 Å². The third-order valence-corrected chi connectivity index (χ3v) is 18.5. The Morgan fingerprint density at radius 3 is 1.96 bits per heavy atom. The first-order valence-electron chi connectivity index (χ1n) is 34.3. The number of urea groups is 1. The van der Waals surface area contributed by atoms with Gasteiger partial charge in [-0.3, -0.25) is 52.8 Å². The van der Waals surface area contributed by atoms with Gasteiger partial charge < -0.3 is 55.7 Å². The number of ketones is 3. The maximum Gasteiger partial charge on any atom is 0.408 e. The summed E-state index contributed by atoms with van der Waals surface area (Å²) in [6.07, 6.45) is 3.86. The molecule has 1 saturated heterocycles. The zero-order chi connectivity index (χ0) is 72.5. The highest BCUT2D eigenvalue weighted by Gasteiger charge is 2.45. The minimum Gasteiger partial charge on any atom is -0.460 e. The van der Waals surface area contributed by atoms with E-state index in [1.54, 1.807) is 82.7 Å². The van der Waals surface area contributed by atoms with Crippen LogP contribution in [-0.4, -0.2) is 168 Å². The number of nitrogens with zero attached hydrogens (tertiary/aromatic N) is 3. The topological polar surface area (TPSA) is 326 Å². The fourth-order valence-electron chi connectivity index (χ4n) is 12.6. The van der Waals surface area contributed by atoms with Gasteiger partial charge in [0.1, 0.15) is 18.0 Å². The first-order chi connectivity index (χ1) is 45.6. The van der Waals surface area contributed by atoms with Gasteiger partial charge in [0.2, 0.25) is 23.6 Å². The zero-order valence-electron chi connectivity index (χ0n) is 60.0. The van der Waals surface area contributed by atoms with Gasteiger partial charge in [-0.05, 0) is 121 Å². The lowest BCUT2D eigenvalue weighted by atomic mass is 9.83. The number of likely N-dealkylation sites (N-methyl/N-ethyl adjacent to an activating group) is 1. The largest absolute Gasteiger partial charge is 0.460 e. The number of carbonyl (C=O) groups excluding carboxylic acids is 12. The van der Waals surface area contributed by atoms with Gasteiger partial charge in [-0.25, -0.2) is 9.59 Å². The molecule has 2 heterocycles. The summed E-state index contributed by atoms with van der Waals surface area (Å²) >= 11 is 0. The van der Waals surface area contributed by atoms with Crippen molar-refractivity contribution in [2.24, 2.45) is 47.2 Å². The van der Waals surface area contributed by atoms with Crippen molar-refractivity contribution in [2.75, 3.05) is 46.2 Å². The highest BCUT2D eigenvalue weighted by molar-refractivity contribution is 6.12. The summed E-state index contributed by atoms with van der Waals surface area (Å²) in [7, 11) is 4.69. The number of likely N-dealkylation sites (tertiary alicyclic amines) is 1. The molecule has 2 aliphatic rings. The Kier molecular flexibility index (Phi) is 32.7. The molecule has 9 amide bonds. The minimum atomic E-state index is -1.49. The maximum atomic E-state index is 14.8. The number of alkyl carbamates (subject to hydrolysis) is 1. The summed E-state index contributed by atoms with van der Waals surface area (Å²) in [5, 5.41) is 10.8. The normalized spacial score (nSPS) is 16.9. The maximum absolute atomic E-state index is 14.8. The molecule has 0 spiro atoms. The third-order valence-electron chi connectivity index (χ3n) is 18.5. The third kappa shape index (κ3) is 25.8. The summed E-state index contributed by atoms with van der Waals surface area (Å²) in [4.78, 5) is 165.